The van der Waals surface area contributed by atoms with Crippen molar-refractivity contribution >= 4 is 16.6 Å². The molecule has 37 heavy (non-hydrogen) atoms. The first-order valence-electron chi connectivity index (χ1n) is 11.8. The van der Waals surface area contributed by atoms with Crippen LogP contribution in [0.25, 0.3) is 16.6 Å². The van der Waals surface area contributed by atoms with Gasteiger partial charge >= 0.3 is 6.18 Å². The van der Waals surface area contributed by atoms with Gasteiger partial charge in [0.1, 0.15) is 24.0 Å². The molecule has 0 unspecified atom stereocenters. The van der Waals surface area contributed by atoms with Gasteiger partial charge in [-0.05, 0) is 72.4 Å². The van der Waals surface area contributed by atoms with Crippen molar-refractivity contribution in [1.82, 2.24) is 9.55 Å². The minimum absolute atomic E-state index is 0.0569. The first-order chi connectivity index (χ1) is 17.6. The molecule has 1 atom stereocenters. The van der Waals surface area contributed by atoms with E-state index < -0.39 is 36.0 Å². The normalized spacial score (nSPS) is 14.6. The SMILES string of the molecule is N[C@@H](Cc1nc2cc(NCC(F)(F)F)ccc2c(=O)n1-c1ccc(C2CC2)cc1)c1cc(F)cc(F)c1. The third-order valence-corrected chi connectivity index (χ3v) is 6.35. The van der Waals surface area contributed by atoms with Crippen LogP contribution in [0.4, 0.5) is 27.6 Å². The standard InChI is InChI=1S/C27H23F5N4O/c28-18-9-17(10-19(29)11-18)23(33)13-25-35-24-12-20(34-14-27(30,31)32)5-8-22(24)26(37)36(25)21-6-3-16(4-7-21)15-1-2-15/h3-12,15,23,34H,1-2,13-14,33H2/t23-/m0/s1. The van der Waals surface area contributed by atoms with E-state index in [1.807, 2.05) is 12.1 Å². The molecular formula is C27H23F5N4O. The average molecular weight is 514 g/mol. The van der Waals surface area contributed by atoms with Crippen LogP contribution in [0.2, 0.25) is 0 Å². The number of alkyl halides is 3. The number of benzene rings is 3. The lowest BCUT2D eigenvalue weighted by Gasteiger charge is -2.18. The zero-order valence-corrected chi connectivity index (χ0v) is 19.5. The second-order valence-corrected chi connectivity index (χ2v) is 9.25. The monoisotopic (exact) mass is 514 g/mol. The number of nitrogens with zero attached hydrogens (tertiary/aromatic N) is 2. The van der Waals surface area contributed by atoms with Gasteiger partial charge in [-0.1, -0.05) is 12.1 Å². The van der Waals surface area contributed by atoms with Gasteiger partial charge in [-0.2, -0.15) is 13.2 Å². The molecule has 5 rings (SSSR count). The summed E-state index contributed by atoms with van der Waals surface area (Å²) in [5, 5.41) is 2.49. The molecule has 1 fully saturated rings. The zero-order chi connectivity index (χ0) is 26.3. The Balaban J connectivity index is 1.59. The zero-order valence-electron chi connectivity index (χ0n) is 19.5. The quantitative estimate of drug-likeness (QED) is 0.308. The number of nitrogens with one attached hydrogen (secondary N) is 1. The fraction of sp³-hybridized carbons (Fsp3) is 0.259. The van der Waals surface area contributed by atoms with Gasteiger partial charge in [-0.3, -0.25) is 9.36 Å². The van der Waals surface area contributed by atoms with E-state index in [0.29, 0.717) is 11.6 Å². The molecule has 1 heterocycles. The molecule has 0 radical (unpaired) electrons. The number of aromatic nitrogens is 2. The highest BCUT2D eigenvalue weighted by atomic mass is 19.4. The Kier molecular flexibility index (Phi) is 6.45. The van der Waals surface area contributed by atoms with Gasteiger partial charge in [-0.15, -0.1) is 0 Å². The van der Waals surface area contributed by atoms with Gasteiger partial charge in [0.25, 0.3) is 5.56 Å². The summed E-state index contributed by atoms with van der Waals surface area (Å²) < 4.78 is 67.0. The molecular weight excluding hydrogens is 491 g/mol. The summed E-state index contributed by atoms with van der Waals surface area (Å²) in [5.74, 6) is -0.851. The maximum Gasteiger partial charge on any atom is 0.405 e. The number of nitrogens with two attached hydrogens (primary N) is 1. The van der Waals surface area contributed by atoms with Crippen molar-refractivity contribution < 1.29 is 22.0 Å². The molecule has 0 spiro atoms. The number of rotatable bonds is 7. The van der Waals surface area contributed by atoms with E-state index in [-0.39, 0.29) is 34.4 Å². The fourth-order valence-corrected chi connectivity index (χ4v) is 4.36. The number of halogens is 5. The summed E-state index contributed by atoms with van der Waals surface area (Å²) in [7, 11) is 0. The molecule has 0 aliphatic heterocycles. The highest BCUT2D eigenvalue weighted by molar-refractivity contribution is 5.82. The minimum atomic E-state index is -4.42. The Morgan fingerprint density at radius 2 is 1.68 bits per heavy atom. The molecule has 0 amide bonds. The van der Waals surface area contributed by atoms with Crippen molar-refractivity contribution in [3.63, 3.8) is 0 Å². The average Bonchev–Trinajstić information content (AvgIpc) is 3.67. The first kappa shape index (κ1) is 24.9. The number of hydrogen-bond donors (Lipinski definition) is 2. The highest BCUT2D eigenvalue weighted by Crippen LogP contribution is 2.40. The van der Waals surface area contributed by atoms with Crippen LogP contribution in [0.3, 0.4) is 0 Å². The van der Waals surface area contributed by atoms with Gasteiger partial charge < -0.3 is 11.1 Å². The Labute approximate surface area is 208 Å². The number of fused-ring (bicyclic) bond motifs is 1. The smallest absolute Gasteiger partial charge is 0.376 e. The molecule has 1 aliphatic rings. The summed E-state index contributed by atoms with van der Waals surface area (Å²) in [6, 6.07) is 13.7. The van der Waals surface area contributed by atoms with Crippen LogP contribution < -0.4 is 16.6 Å². The Morgan fingerprint density at radius 3 is 2.30 bits per heavy atom. The van der Waals surface area contributed by atoms with E-state index in [4.69, 9.17) is 5.73 Å². The van der Waals surface area contributed by atoms with Gasteiger partial charge in [-0.25, -0.2) is 13.8 Å². The second kappa shape index (κ2) is 9.59. The van der Waals surface area contributed by atoms with Crippen molar-refractivity contribution in [2.24, 2.45) is 5.73 Å². The number of anilines is 1. The predicted octanol–water partition coefficient (Wildman–Crippen LogP) is 5.76. The number of hydrogen-bond acceptors (Lipinski definition) is 4. The lowest BCUT2D eigenvalue weighted by molar-refractivity contribution is -0.115. The molecule has 1 saturated carbocycles. The van der Waals surface area contributed by atoms with Gasteiger partial charge in [0, 0.05) is 24.2 Å². The molecule has 1 aliphatic carbocycles. The Morgan fingerprint density at radius 1 is 1.00 bits per heavy atom. The molecule has 4 aromatic rings. The van der Waals surface area contributed by atoms with Crippen LogP contribution in [-0.2, 0) is 6.42 Å². The van der Waals surface area contributed by atoms with Crippen molar-refractivity contribution in [1.29, 1.82) is 0 Å². The maximum atomic E-state index is 13.8. The van der Waals surface area contributed by atoms with Crippen LogP contribution in [0.1, 0.15) is 41.8 Å². The summed E-state index contributed by atoms with van der Waals surface area (Å²) in [5.41, 5.74) is 8.05. The Bertz CT molecular complexity index is 1490. The largest absolute Gasteiger partial charge is 0.405 e. The van der Waals surface area contributed by atoms with Crippen molar-refractivity contribution in [2.45, 2.75) is 37.4 Å². The molecule has 1 aromatic heterocycles. The molecule has 3 aromatic carbocycles. The summed E-state index contributed by atoms with van der Waals surface area (Å²) in [6.07, 6.45) is -2.24. The van der Waals surface area contributed by atoms with Crippen molar-refractivity contribution in [3.8, 4) is 5.69 Å². The van der Waals surface area contributed by atoms with Crippen LogP contribution in [0.15, 0.2) is 65.5 Å². The van der Waals surface area contributed by atoms with Gasteiger partial charge in [0.2, 0.25) is 0 Å². The predicted molar refractivity (Wildman–Crippen MR) is 131 cm³/mol. The lowest BCUT2D eigenvalue weighted by atomic mass is 10.0. The summed E-state index contributed by atoms with van der Waals surface area (Å²) >= 11 is 0. The summed E-state index contributed by atoms with van der Waals surface area (Å²) in [4.78, 5) is 18.2. The molecule has 5 nitrogen and oxygen atoms in total. The summed E-state index contributed by atoms with van der Waals surface area (Å²) in [6.45, 7) is -1.24. The molecule has 0 bridgehead atoms. The van der Waals surface area contributed by atoms with Gasteiger partial charge in [0.05, 0.1) is 16.6 Å². The van der Waals surface area contributed by atoms with E-state index in [1.54, 1.807) is 12.1 Å². The van der Waals surface area contributed by atoms with E-state index in [1.165, 1.54) is 28.3 Å². The van der Waals surface area contributed by atoms with Crippen LogP contribution in [0, 0.1) is 11.6 Å². The minimum Gasteiger partial charge on any atom is -0.376 e. The highest BCUT2D eigenvalue weighted by Gasteiger charge is 2.27. The van der Waals surface area contributed by atoms with Crippen LogP contribution in [0.5, 0.6) is 0 Å². The molecule has 10 heteroatoms. The lowest BCUT2D eigenvalue weighted by Crippen LogP contribution is -2.27. The van der Waals surface area contributed by atoms with Crippen LogP contribution in [-0.4, -0.2) is 22.3 Å². The van der Waals surface area contributed by atoms with Gasteiger partial charge in [0.15, 0.2) is 0 Å². The third kappa shape index (κ3) is 5.64. The van der Waals surface area contributed by atoms with E-state index >= 15 is 0 Å². The fourth-order valence-electron chi connectivity index (χ4n) is 4.36. The second-order valence-electron chi connectivity index (χ2n) is 9.25. The first-order valence-corrected chi connectivity index (χ1v) is 11.8. The third-order valence-electron chi connectivity index (χ3n) is 6.35. The van der Waals surface area contributed by atoms with E-state index in [0.717, 1.165) is 31.0 Å². The maximum absolute atomic E-state index is 13.8. The Hall–Kier alpha value is -3.79. The van der Waals surface area contributed by atoms with E-state index in [2.05, 4.69) is 10.3 Å². The van der Waals surface area contributed by atoms with Crippen molar-refractivity contribution in [3.05, 3.63) is 99.6 Å². The molecule has 192 valence electrons. The topological polar surface area (TPSA) is 72.9 Å². The molecule has 3 N–H and O–H groups in total. The van der Waals surface area contributed by atoms with Crippen molar-refractivity contribution in [2.75, 3.05) is 11.9 Å². The van der Waals surface area contributed by atoms with E-state index in [9.17, 15) is 26.7 Å². The van der Waals surface area contributed by atoms with Crippen LogP contribution >= 0.6 is 0 Å². The molecule has 0 saturated heterocycles.